The van der Waals surface area contributed by atoms with Gasteiger partial charge in [0.15, 0.2) is 0 Å². The molecule has 0 amide bonds. The second kappa shape index (κ2) is 3.10. The zero-order chi connectivity index (χ0) is 9.47. The molecule has 0 unspecified atom stereocenters. The number of rotatable bonds is 2. The van der Waals surface area contributed by atoms with Gasteiger partial charge in [0.25, 0.3) is 0 Å². The smallest absolute Gasteiger partial charge is 0.0434 e. The lowest BCUT2D eigenvalue weighted by Gasteiger charge is -2.15. The molecule has 1 fully saturated rings. The molecule has 0 atom stereocenters. The van der Waals surface area contributed by atoms with Crippen LogP contribution in [0.2, 0.25) is 0 Å². The highest BCUT2D eigenvalue weighted by Gasteiger charge is 2.42. The van der Waals surface area contributed by atoms with Gasteiger partial charge >= 0.3 is 0 Å². The van der Waals surface area contributed by atoms with Crippen molar-refractivity contribution >= 4 is 15.9 Å². The summed E-state index contributed by atoms with van der Waals surface area (Å²) in [7, 11) is 2.04. The lowest BCUT2D eigenvalue weighted by molar-refractivity contribution is 0.585. The molecule has 2 rings (SSSR count). The van der Waals surface area contributed by atoms with E-state index in [9.17, 15) is 0 Å². The van der Waals surface area contributed by atoms with Crippen molar-refractivity contribution in [2.75, 3.05) is 7.05 Å². The van der Waals surface area contributed by atoms with Crippen LogP contribution in [0.1, 0.15) is 24.0 Å². The maximum atomic E-state index is 3.57. The average Bonchev–Trinajstić information content (AvgIpc) is 2.90. The predicted octanol–water partition coefficient (Wildman–Crippen LogP) is 2.97. The van der Waals surface area contributed by atoms with Crippen molar-refractivity contribution in [3.05, 3.63) is 33.8 Å². The SMILES string of the molecule is CNC1(c2ccc(C)c(Br)c2)CC1. The van der Waals surface area contributed by atoms with E-state index in [0.717, 1.165) is 0 Å². The largest absolute Gasteiger partial charge is 0.310 e. The van der Waals surface area contributed by atoms with Crippen LogP contribution in [-0.2, 0) is 5.54 Å². The minimum absolute atomic E-state index is 0.288. The van der Waals surface area contributed by atoms with Gasteiger partial charge in [0.05, 0.1) is 0 Å². The minimum Gasteiger partial charge on any atom is -0.310 e. The van der Waals surface area contributed by atoms with Crippen molar-refractivity contribution in [2.45, 2.75) is 25.3 Å². The maximum absolute atomic E-state index is 3.57. The van der Waals surface area contributed by atoms with Gasteiger partial charge in [0, 0.05) is 10.0 Å². The van der Waals surface area contributed by atoms with Gasteiger partial charge in [-0.3, -0.25) is 0 Å². The van der Waals surface area contributed by atoms with Gasteiger partial charge in [-0.2, -0.15) is 0 Å². The number of halogens is 1. The van der Waals surface area contributed by atoms with Gasteiger partial charge in [0.1, 0.15) is 0 Å². The summed E-state index contributed by atoms with van der Waals surface area (Å²) in [4.78, 5) is 0. The zero-order valence-corrected chi connectivity index (χ0v) is 9.61. The van der Waals surface area contributed by atoms with E-state index in [0.29, 0.717) is 0 Å². The number of benzene rings is 1. The second-order valence-electron chi connectivity index (χ2n) is 3.80. The Morgan fingerprint density at radius 1 is 1.38 bits per heavy atom. The topological polar surface area (TPSA) is 12.0 Å². The van der Waals surface area contributed by atoms with Gasteiger partial charge in [-0.25, -0.2) is 0 Å². The molecule has 0 bridgehead atoms. The van der Waals surface area contributed by atoms with Crippen LogP contribution in [0.3, 0.4) is 0 Å². The van der Waals surface area contributed by atoms with Crippen molar-refractivity contribution in [2.24, 2.45) is 0 Å². The summed E-state index contributed by atoms with van der Waals surface area (Å²) in [5, 5.41) is 3.39. The molecule has 1 saturated carbocycles. The van der Waals surface area contributed by atoms with Crippen LogP contribution in [0.4, 0.5) is 0 Å². The molecule has 1 nitrogen and oxygen atoms in total. The van der Waals surface area contributed by atoms with Gasteiger partial charge in [-0.1, -0.05) is 28.1 Å². The number of aryl methyl sites for hydroxylation is 1. The van der Waals surface area contributed by atoms with Crippen LogP contribution in [0.25, 0.3) is 0 Å². The third-order valence-corrected chi connectivity index (χ3v) is 3.81. The summed E-state index contributed by atoms with van der Waals surface area (Å²) in [5.74, 6) is 0. The van der Waals surface area contributed by atoms with E-state index in [-0.39, 0.29) is 5.54 Å². The Bertz CT molecular complexity index is 329. The fourth-order valence-electron chi connectivity index (χ4n) is 1.70. The van der Waals surface area contributed by atoms with Crippen molar-refractivity contribution in [3.63, 3.8) is 0 Å². The lowest BCUT2D eigenvalue weighted by Crippen LogP contribution is -2.24. The maximum Gasteiger partial charge on any atom is 0.0434 e. The Morgan fingerprint density at radius 2 is 2.08 bits per heavy atom. The fourth-order valence-corrected chi connectivity index (χ4v) is 2.08. The first-order valence-electron chi connectivity index (χ1n) is 4.63. The van der Waals surface area contributed by atoms with Gasteiger partial charge in [-0.05, 0) is 44.0 Å². The molecule has 13 heavy (non-hydrogen) atoms. The molecule has 70 valence electrons. The van der Waals surface area contributed by atoms with E-state index < -0.39 is 0 Å². The summed E-state index contributed by atoms with van der Waals surface area (Å²) in [6.45, 7) is 2.12. The first-order valence-corrected chi connectivity index (χ1v) is 5.43. The Balaban J connectivity index is 2.37. The molecule has 2 heteroatoms. The standard InChI is InChI=1S/C11H14BrN/c1-8-3-4-9(7-10(8)12)11(13-2)5-6-11/h3-4,7,13H,5-6H2,1-2H3. The average molecular weight is 240 g/mol. The van der Waals surface area contributed by atoms with Gasteiger partial charge < -0.3 is 5.32 Å². The molecule has 0 spiro atoms. The van der Waals surface area contributed by atoms with Crippen LogP contribution in [0, 0.1) is 6.92 Å². The summed E-state index contributed by atoms with van der Waals surface area (Å²) in [6.07, 6.45) is 2.53. The van der Waals surface area contributed by atoms with Crippen LogP contribution in [0.5, 0.6) is 0 Å². The van der Waals surface area contributed by atoms with Crippen LogP contribution >= 0.6 is 15.9 Å². The van der Waals surface area contributed by atoms with Crippen molar-refractivity contribution in [1.82, 2.24) is 5.32 Å². The second-order valence-corrected chi connectivity index (χ2v) is 4.65. The number of nitrogens with one attached hydrogen (secondary N) is 1. The van der Waals surface area contributed by atoms with E-state index in [1.807, 2.05) is 7.05 Å². The van der Waals surface area contributed by atoms with Gasteiger partial charge in [0.2, 0.25) is 0 Å². The van der Waals surface area contributed by atoms with E-state index >= 15 is 0 Å². The molecular formula is C11H14BrN. The minimum atomic E-state index is 0.288. The Kier molecular flexibility index (Phi) is 2.20. The summed E-state index contributed by atoms with van der Waals surface area (Å²) < 4.78 is 1.21. The highest BCUT2D eigenvalue weighted by atomic mass is 79.9. The molecule has 1 aromatic carbocycles. The third kappa shape index (κ3) is 1.53. The molecule has 1 N–H and O–H groups in total. The fraction of sp³-hybridized carbons (Fsp3) is 0.455. The molecule has 1 aliphatic carbocycles. The predicted molar refractivity (Wildman–Crippen MR) is 58.9 cm³/mol. The van der Waals surface area contributed by atoms with Crippen LogP contribution in [0.15, 0.2) is 22.7 Å². The molecule has 1 aromatic rings. The highest BCUT2D eigenvalue weighted by molar-refractivity contribution is 9.10. The third-order valence-electron chi connectivity index (χ3n) is 2.95. The number of hydrogen-bond donors (Lipinski definition) is 1. The summed E-state index contributed by atoms with van der Waals surface area (Å²) in [5.41, 5.74) is 3.00. The summed E-state index contributed by atoms with van der Waals surface area (Å²) >= 11 is 3.57. The molecule has 1 aliphatic rings. The van der Waals surface area contributed by atoms with E-state index in [1.54, 1.807) is 0 Å². The highest BCUT2D eigenvalue weighted by Crippen LogP contribution is 2.45. The molecular weight excluding hydrogens is 226 g/mol. The van der Waals surface area contributed by atoms with Crippen molar-refractivity contribution < 1.29 is 0 Å². The molecule has 0 aromatic heterocycles. The van der Waals surface area contributed by atoms with E-state index in [2.05, 4.69) is 46.4 Å². The normalized spacial score (nSPS) is 18.7. The van der Waals surface area contributed by atoms with E-state index in [1.165, 1.54) is 28.4 Å². The summed E-state index contributed by atoms with van der Waals surface area (Å²) in [6, 6.07) is 6.64. The Morgan fingerprint density at radius 3 is 2.54 bits per heavy atom. The molecule has 0 saturated heterocycles. The Labute approximate surface area is 87.7 Å². The molecule has 0 radical (unpaired) electrons. The Hall–Kier alpha value is -0.340. The van der Waals surface area contributed by atoms with Crippen LogP contribution in [-0.4, -0.2) is 7.05 Å². The van der Waals surface area contributed by atoms with Crippen molar-refractivity contribution in [1.29, 1.82) is 0 Å². The molecule has 0 heterocycles. The van der Waals surface area contributed by atoms with Crippen LogP contribution < -0.4 is 5.32 Å². The monoisotopic (exact) mass is 239 g/mol. The number of hydrogen-bond acceptors (Lipinski definition) is 1. The molecule has 0 aliphatic heterocycles. The first kappa shape index (κ1) is 9.22. The lowest BCUT2D eigenvalue weighted by atomic mass is 10.0. The zero-order valence-electron chi connectivity index (χ0n) is 8.02. The van der Waals surface area contributed by atoms with E-state index in [4.69, 9.17) is 0 Å². The quantitative estimate of drug-likeness (QED) is 0.837. The first-order chi connectivity index (χ1) is 6.18. The van der Waals surface area contributed by atoms with Gasteiger partial charge in [-0.15, -0.1) is 0 Å². The van der Waals surface area contributed by atoms with Crippen molar-refractivity contribution in [3.8, 4) is 0 Å².